The minimum Gasteiger partial charge on any atom is -0.372 e. The molecular formula is C16H24ClN3O. The Bertz CT molecular complexity index is 484. The molecule has 0 saturated heterocycles. The maximum absolute atomic E-state index is 12.2. The summed E-state index contributed by atoms with van der Waals surface area (Å²) in [6.45, 7) is 2.24. The number of nitrogens with one attached hydrogen (secondary N) is 2. The van der Waals surface area contributed by atoms with E-state index in [0.29, 0.717) is 16.4 Å². The molecule has 2 rings (SSSR count). The normalized spacial score (nSPS) is 21.9. The van der Waals surface area contributed by atoms with Crippen LogP contribution in [-0.4, -0.2) is 24.0 Å². The summed E-state index contributed by atoms with van der Waals surface area (Å²) < 4.78 is 0. The van der Waals surface area contributed by atoms with Crippen LogP contribution in [0, 0.1) is 5.92 Å². The lowest BCUT2D eigenvalue weighted by Gasteiger charge is -2.29. The molecule has 1 aliphatic carbocycles. The Morgan fingerprint density at radius 2 is 2.10 bits per heavy atom. The average molecular weight is 310 g/mol. The van der Waals surface area contributed by atoms with Crippen LogP contribution in [0.15, 0.2) is 12.3 Å². The minimum atomic E-state index is -0.0778. The van der Waals surface area contributed by atoms with Gasteiger partial charge in [-0.1, -0.05) is 31.4 Å². The van der Waals surface area contributed by atoms with Crippen LogP contribution in [0.1, 0.15) is 55.8 Å². The fourth-order valence-corrected chi connectivity index (χ4v) is 3.28. The van der Waals surface area contributed by atoms with Crippen LogP contribution in [0.25, 0.3) is 0 Å². The van der Waals surface area contributed by atoms with Gasteiger partial charge in [0.15, 0.2) is 0 Å². The lowest BCUT2D eigenvalue weighted by molar-refractivity contribution is 0.0921. The molecule has 0 bridgehead atoms. The Morgan fingerprint density at radius 3 is 2.67 bits per heavy atom. The van der Waals surface area contributed by atoms with Gasteiger partial charge >= 0.3 is 0 Å². The largest absolute Gasteiger partial charge is 0.372 e. The maximum atomic E-state index is 12.2. The predicted octanol–water partition coefficient (Wildman–Crippen LogP) is 3.87. The third-order valence-corrected chi connectivity index (χ3v) is 4.51. The van der Waals surface area contributed by atoms with Crippen molar-refractivity contribution in [2.75, 3.05) is 12.4 Å². The van der Waals surface area contributed by atoms with E-state index in [1.807, 2.05) is 0 Å². The van der Waals surface area contributed by atoms with Gasteiger partial charge in [0.25, 0.3) is 5.91 Å². The monoisotopic (exact) mass is 309 g/mol. The Labute approximate surface area is 131 Å². The summed E-state index contributed by atoms with van der Waals surface area (Å²) in [5, 5.41) is 6.46. The molecule has 1 heterocycles. The zero-order valence-electron chi connectivity index (χ0n) is 12.8. The Kier molecular flexibility index (Phi) is 5.85. The van der Waals surface area contributed by atoms with E-state index in [9.17, 15) is 4.79 Å². The average Bonchev–Trinajstić information content (AvgIpc) is 2.49. The van der Waals surface area contributed by atoms with Crippen LogP contribution < -0.4 is 10.6 Å². The molecule has 4 nitrogen and oxygen atoms in total. The van der Waals surface area contributed by atoms with Gasteiger partial charge in [-0.3, -0.25) is 4.79 Å². The Hall–Kier alpha value is -1.29. The number of carbonyl (C=O) groups is 1. The van der Waals surface area contributed by atoms with Crippen LogP contribution >= 0.6 is 11.6 Å². The number of anilines is 1. The molecule has 0 radical (unpaired) electrons. The molecule has 1 amide bonds. The quantitative estimate of drug-likeness (QED) is 0.868. The second-order valence-corrected chi connectivity index (χ2v) is 6.19. The first-order valence-corrected chi connectivity index (χ1v) is 8.16. The fourth-order valence-electron chi connectivity index (χ4n) is 3.02. The van der Waals surface area contributed by atoms with Crippen molar-refractivity contribution in [2.45, 2.75) is 51.5 Å². The van der Waals surface area contributed by atoms with Crippen LogP contribution in [0.2, 0.25) is 5.02 Å². The summed E-state index contributed by atoms with van der Waals surface area (Å²) in [5.41, 5.74) is 0.523. The SMILES string of the molecule is CCCC1CCC(NC(=O)c2cnc(NC)c(Cl)c2)CC1. The summed E-state index contributed by atoms with van der Waals surface area (Å²) in [6, 6.07) is 1.95. The molecule has 5 heteroatoms. The zero-order chi connectivity index (χ0) is 15.2. The van der Waals surface area contributed by atoms with Gasteiger partial charge in [-0.2, -0.15) is 0 Å². The number of carbonyl (C=O) groups excluding carboxylic acids is 1. The topological polar surface area (TPSA) is 54.0 Å². The molecule has 2 N–H and O–H groups in total. The first-order chi connectivity index (χ1) is 10.1. The maximum Gasteiger partial charge on any atom is 0.253 e. The van der Waals surface area contributed by atoms with E-state index in [0.717, 1.165) is 18.8 Å². The van der Waals surface area contributed by atoms with Crippen molar-refractivity contribution in [1.82, 2.24) is 10.3 Å². The van der Waals surface area contributed by atoms with E-state index in [1.165, 1.54) is 25.7 Å². The van der Waals surface area contributed by atoms with Gasteiger partial charge in [-0.05, 0) is 37.7 Å². The number of nitrogens with zero attached hydrogens (tertiary/aromatic N) is 1. The van der Waals surface area contributed by atoms with E-state index in [1.54, 1.807) is 19.3 Å². The number of aromatic nitrogens is 1. The molecule has 1 fully saturated rings. The molecule has 116 valence electrons. The van der Waals surface area contributed by atoms with Gasteiger partial charge in [0, 0.05) is 19.3 Å². The summed E-state index contributed by atoms with van der Waals surface area (Å²) in [4.78, 5) is 16.4. The van der Waals surface area contributed by atoms with Crippen molar-refractivity contribution < 1.29 is 4.79 Å². The number of hydrogen-bond acceptors (Lipinski definition) is 3. The number of halogens is 1. The third kappa shape index (κ3) is 4.34. The summed E-state index contributed by atoms with van der Waals surface area (Å²) in [5.74, 6) is 1.36. The number of rotatable bonds is 5. The van der Waals surface area contributed by atoms with Gasteiger partial charge in [0.2, 0.25) is 0 Å². The van der Waals surface area contributed by atoms with Crippen molar-refractivity contribution >= 4 is 23.3 Å². The number of amides is 1. The summed E-state index contributed by atoms with van der Waals surface area (Å²) in [6.07, 6.45) is 8.72. The molecule has 1 aliphatic rings. The number of hydrogen-bond donors (Lipinski definition) is 2. The molecule has 0 aromatic carbocycles. The molecule has 1 aromatic rings. The van der Waals surface area contributed by atoms with Crippen LogP contribution in [0.5, 0.6) is 0 Å². The molecule has 1 saturated carbocycles. The van der Waals surface area contributed by atoms with Crippen LogP contribution in [0.3, 0.4) is 0 Å². The van der Waals surface area contributed by atoms with Crippen LogP contribution in [0.4, 0.5) is 5.82 Å². The van der Waals surface area contributed by atoms with Gasteiger partial charge in [0.1, 0.15) is 5.82 Å². The Balaban J connectivity index is 1.89. The lowest BCUT2D eigenvalue weighted by atomic mass is 9.83. The second kappa shape index (κ2) is 7.64. The Morgan fingerprint density at radius 1 is 1.38 bits per heavy atom. The highest BCUT2D eigenvalue weighted by Crippen LogP contribution is 2.28. The van der Waals surface area contributed by atoms with E-state index in [4.69, 9.17) is 11.6 Å². The van der Waals surface area contributed by atoms with Gasteiger partial charge in [-0.15, -0.1) is 0 Å². The summed E-state index contributed by atoms with van der Waals surface area (Å²) >= 11 is 6.07. The van der Waals surface area contributed by atoms with Crippen molar-refractivity contribution in [2.24, 2.45) is 5.92 Å². The highest BCUT2D eigenvalue weighted by Gasteiger charge is 2.22. The highest BCUT2D eigenvalue weighted by atomic mass is 35.5. The van der Waals surface area contributed by atoms with Crippen molar-refractivity contribution in [1.29, 1.82) is 0 Å². The first-order valence-electron chi connectivity index (χ1n) is 7.78. The van der Waals surface area contributed by atoms with Gasteiger partial charge in [0.05, 0.1) is 10.6 Å². The molecule has 0 atom stereocenters. The van der Waals surface area contributed by atoms with Gasteiger partial charge in [-0.25, -0.2) is 4.98 Å². The van der Waals surface area contributed by atoms with Gasteiger partial charge < -0.3 is 10.6 Å². The molecule has 1 aromatic heterocycles. The minimum absolute atomic E-state index is 0.0778. The van der Waals surface area contributed by atoms with Crippen molar-refractivity contribution in [3.8, 4) is 0 Å². The second-order valence-electron chi connectivity index (χ2n) is 5.78. The molecular weight excluding hydrogens is 286 g/mol. The van der Waals surface area contributed by atoms with E-state index in [2.05, 4.69) is 22.5 Å². The lowest BCUT2D eigenvalue weighted by Crippen LogP contribution is -2.37. The van der Waals surface area contributed by atoms with Crippen molar-refractivity contribution in [3.05, 3.63) is 22.8 Å². The smallest absolute Gasteiger partial charge is 0.253 e. The fraction of sp³-hybridized carbons (Fsp3) is 0.625. The highest BCUT2D eigenvalue weighted by molar-refractivity contribution is 6.33. The van der Waals surface area contributed by atoms with E-state index >= 15 is 0 Å². The standard InChI is InChI=1S/C16H24ClN3O/c1-3-4-11-5-7-13(8-6-11)20-16(21)12-9-14(17)15(18-2)19-10-12/h9-11,13H,3-8H2,1-2H3,(H,18,19)(H,20,21). The zero-order valence-corrected chi connectivity index (χ0v) is 13.5. The predicted molar refractivity (Wildman–Crippen MR) is 86.9 cm³/mol. The first kappa shape index (κ1) is 16.1. The molecule has 0 unspecified atom stereocenters. The van der Waals surface area contributed by atoms with E-state index in [-0.39, 0.29) is 11.9 Å². The molecule has 0 spiro atoms. The third-order valence-electron chi connectivity index (χ3n) is 4.22. The van der Waals surface area contributed by atoms with E-state index < -0.39 is 0 Å². The van der Waals surface area contributed by atoms with Crippen LogP contribution in [-0.2, 0) is 0 Å². The van der Waals surface area contributed by atoms with Crippen molar-refractivity contribution in [3.63, 3.8) is 0 Å². The molecule has 0 aliphatic heterocycles. The molecule has 21 heavy (non-hydrogen) atoms. The number of pyridine rings is 1. The summed E-state index contributed by atoms with van der Waals surface area (Å²) in [7, 11) is 1.75.